The molecule has 5 heteroatoms. The molecule has 1 aliphatic carbocycles. The van der Waals surface area contributed by atoms with Gasteiger partial charge in [-0.15, -0.1) is 0 Å². The van der Waals surface area contributed by atoms with Crippen molar-refractivity contribution in [2.24, 2.45) is 0 Å². The van der Waals surface area contributed by atoms with E-state index >= 15 is 0 Å². The van der Waals surface area contributed by atoms with Crippen molar-refractivity contribution in [2.45, 2.75) is 25.4 Å². The molecule has 1 fully saturated rings. The summed E-state index contributed by atoms with van der Waals surface area (Å²) in [5.41, 5.74) is 2.39. The predicted molar refractivity (Wildman–Crippen MR) is 92.0 cm³/mol. The monoisotopic (exact) mass is 321 g/mol. The van der Waals surface area contributed by atoms with Crippen LogP contribution >= 0.6 is 0 Å². The van der Waals surface area contributed by atoms with Crippen LogP contribution in [-0.2, 0) is 6.54 Å². The van der Waals surface area contributed by atoms with Crippen LogP contribution in [0.4, 0.5) is 0 Å². The van der Waals surface area contributed by atoms with Gasteiger partial charge in [-0.05, 0) is 25.0 Å². The molecule has 0 spiro atoms. The van der Waals surface area contributed by atoms with Crippen molar-refractivity contribution >= 4 is 16.8 Å². The third kappa shape index (κ3) is 2.62. The summed E-state index contributed by atoms with van der Waals surface area (Å²) in [5.74, 6) is 0.781. The molecule has 0 aliphatic heterocycles. The van der Waals surface area contributed by atoms with Crippen molar-refractivity contribution < 1.29 is 9.53 Å². The Morgan fingerprint density at radius 2 is 1.96 bits per heavy atom. The lowest BCUT2D eigenvalue weighted by molar-refractivity contribution is 0.0724. The van der Waals surface area contributed by atoms with Gasteiger partial charge in [0.05, 0.1) is 12.6 Å². The molecule has 1 aliphatic rings. The van der Waals surface area contributed by atoms with E-state index in [1.807, 2.05) is 53.4 Å². The number of rotatable bonds is 5. The average molecular weight is 321 g/mol. The van der Waals surface area contributed by atoms with E-state index in [4.69, 9.17) is 4.74 Å². The van der Waals surface area contributed by atoms with E-state index in [9.17, 15) is 4.79 Å². The Morgan fingerprint density at radius 3 is 2.75 bits per heavy atom. The first-order chi connectivity index (χ1) is 11.8. The van der Waals surface area contributed by atoms with Gasteiger partial charge in [-0.3, -0.25) is 9.89 Å². The number of H-pyrrole nitrogens is 1. The van der Waals surface area contributed by atoms with Crippen LogP contribution in [0.2, 0.25) is 0 Å². The summed E-state index contributed by atoms with van der Waals surface area (Å²) in [5, 5.41) is 8.08. The third-order valence-electron chi connectivity index (χ3n) is 4.45. The Hall–Kier alpha value is -2.82. The second kappa shape index (κ2) is 6.00. The zero-order chi connectivity index (χ0) is 16.5. The van der Waals surface area contributed by atoms with Crippen LogP contribution in [-0.4, -0.2) is 34.2 Å². The third-order valence-corrected chi connectivity index (χ3v) is 4.45. The van der Waals surface area contributed by atoms with E-state index in [2.05, 4.69) is 10.2 Å². The summed E-state index contributed by atoms with van der Waals surface area (Å²) in [6, 6.07) is 15.8. The molecular weight excluding hydrogens is 302 g/mol. The molecule has 1 heterocycles. The van der Waals surface area contributed by atoms with Gasteiger partial charge in [0, 0.05) is 23.5 Å². The van der Waals surface area contributed by atoms with Crippen LogP contribution in [0.15, 0.2) is 48.5 Å². The Labute approximate surface area is 140 Å². The van der Waals surface area contributed by atoms with E-state index in [1.165, 1.54) is 0 Å². The number of benzene rings is 2. The minimum atomic E-state index is -0.0270. The van der Waals surface area contributed by atoms with Crippen molar-refractivity contribution in [2.75, 3.05) is 7.11 Å². The van der Waals surface area contributed by atoms with Gasteiger partial charge < -0.3 is 9.64 Å². The number of ether oxygens (including phenoxy) is 1. The first kappa shape index (κ1) is 14.8. The number of hydrogen-bond donors (Lipinski definition) is 1. The highest BCUT2D eigenvalue weighted by molar-refractivity contribution is 6.04. The van der Waals surface area contributed by atoms with Gasteiger partial charge in [0.2, 0.25) is 0 Å². The summed E-state index contributed by atoms with van der Waals surface area (Å²) in [6.07, 6.45) is 2.09. The molecule has 1 aromatic heterocycles. The minimum Gasteiger partial charge on any atom is -0.496 e. The minimum absolute atomic E-state index is 0.0270. The van der Waals surface area contributed by atoms with Crippen LogP contribution < -0.4 is 4.74 Å². The number of nitrogens with one attached hydrogen (secondary N) is 1. The molecule has 1 N–H and O–H groups in total. The molecule has 3 aromatic rings. The van der Waals surface area contributed by atoms with Gasteiger partial charge in [-0.25, -0.2) is 0 Å². The van der Waals surface area contributed by atoms with Crippen molar-refractivity contribution in [3.8, 4) is 5.75 Å². The topological polar surface area (TPSA) is 58.2 Å². The number of aromatic nitrogens is 2. The van der Waals surface area contributed by atoms with Crippen LogP contribution in [0, 0.1) is 0 Å². The summed E-state index contributed by atoms with van der Waals surface area (Å²) in [4.78, 5) is 15.0. The molecule has 1 saturated carbocycles. The maximum atomic E-state index is 13.1. The van der Waals surface area contributed by atoms with Gasteiger partial charge in [-0.1, -0.05) is 36.4 Å². The molecule has 1 amide bonds. The number of nitrogens with zero attached hydrogens (tertiary/aromatic N) is 2. The molecule has 122 valence electrons. The van der Waals surface area contributed by atoms with Crippen LogP contribution in [0.25, 0.3) is 10.9 Å². The zero-order valence-electron chi connectivity index (χ0n) is 13.5. The molecule has 24 heavy (non-hydrogen) atoms. The standard InChI is InChI=1S/C19H19N3O2/c1-24-17-9-5-2-6-13(17)12-22(14-10-11-14)19(23)18-15-7-3-4-8-16(15)20-21-18/h2-9,14H,10-12H2,1H3,(H,20,21). The lowest BCUT2D eigenvalue weighted by Gasteiger charge is -2.22. The van der Waals surface area contributed by atoms with Gasteiger partial charge in [0.25, 0.3) is 5.91 Å². The van der Waals surface area contributed by atoms with Crippen molar-refractivity contribution in [3.63, 3.8) is 0 Å². The fraction of sp³-hybridized carbons (Fsp3) is 0.263. The molecule has 4 rings (SSSR count). The Morgan fingerprint density at radius 1 is 1.21 bits per heavy atom. The second-order valence-corrected chi connectivity index (χ2v) is 6.09. The fourth-order valence-corrected chi connectivity index (χ4v) is 3.03. The van der Waals surface area contributed by atoms with Gasteiger partial charge in [-0.2, -0.15) is 5.10 Å². The van der Waals surface area contributed by atoms with Crippen LogP contribution in [0.3, 0.4) is 0 Å². The number of carbonyl (C=O) groups excluding carboxylic acids is 1. The SMILES string of the molecule is COc1ccccc1CN(C(=O)c1n[nH]c2ccccc12)C1CC1. The smallest absolute Gasteiger partial charge is 0.275 e. The normalized spacial score (nSPS) is 13.9. The zero-order valence-corrected chi connectivity index (χ0v) is 13.5. The summed E-state index contributed by atoms with van der Waals surface area (Å²) in [6.45, 7) is 0.536. The van der Waals surface area contributed by atoms with E-state index in [0.717, 1.165) is 35.1 Å². The molecular formula is C19H19N3O2. The van der Waals surface area contributed by atoms with Crippen LogP contribution in [0.5, 0.6) is 5.75 Å². The van der Waals surface area contributed by atoms with E-state index in [0.29, 0.717) is 12.2 Å². The largest absolute Gasteiger partial charge is 0.496 e. The average Bonchev–Trinajstić information content (AvgIpc) is 3.37. The summed E-state index contributed by atoms with van der Waals surface area (Å²) in [7, 11) is 1.66. The number of fused-ring (bicyclic) bond motifs is 1. The van der Waals surface area contributed by atoms with Crippen molar-refractivity contribution in [1.82, 2.24) is 15.1 Å². The van der Waals surface area contributed by atoms with Gasteiger partial charge >= 0.3 is 0 Å². The highest BCUT2D eigenvalue weighted by Gasteiger charge is 2.35. The van der Waals surface area contributed by atoms with Crippen LogP contribution in [0.1, 0.15) is 28.9 Å². The molecule has 2 aromatic carbocycles. The number of carbonyl (C=O) groups is 1. The fourth-order valence-electron chi connectivity index (χ4n) is 3.03. The van der Waals surface area contributed by atoms with Gasteiger partial charge in [0.1, 0.15) is 5.75 Å². The van der Waals surface area contributed by atoms with E-state index in [-0.39, 0.29) is 11.9 Å². The first-order valence-electron chi connectivity index (χ1n) is 8.14. The van der Waals surface area contributed by atoms with Crippen molar-refractivity contribution in [1.29, 1.82) is 0 Å². The molecule has 0 unspecified atom stereocenters. The molecule has 5 nitrogen and oxygen atoms in total. The second-order valence-electron chi connectivity index (χ2n) is 6.09. The Kier molecular flexibility index (Phi) is 3.69. The number of methoxy groups -OCH3 is 1. The Balaban J connectivity index is 1.67. The molecule has 0 saturated heterocycles. The van der Waals surface area contributed by atoms with E-state index in [1.54, 1.807) is 7.11 Å². The Bertz CT molecular complexity index is 883. The lowest BCUT2D eigenvalue weighted by atomic mass is 10.1. The van der Waals surface area contributed by atoms with Crippen molar-refractivity contribution in [3.05, 3.63) is 59.8 Å². The molecule has 0 bridgehead atoms. The number of amides is 1. The number of hydrogen-bond acceptors (Lipinski definition) is 3. The predicted octanol–water partition coefficient (Wildman–Crippen LogP) is 3.38. The maximum Gasteiger partial charge on any atom is 0.275 e. The first-order valence-corrected chi connectivity index (χ1v) is 8.14. The number of para-hydroxylation sites is 2. The van der Waals surface area contributed by atoms with E-state index < -0.39 is 0 Å². The van der Waals surface area contributed by atoms with Gasteiger partial charge in [0.15, 0.2) is 5.69 Å². The highest BCUT2D eigenvalue weighted by Crippen LogP contribution is 2.32. The highest BCUT2D eigenvalue weighted by atomic mass is 16.5. The molecule has 0 atom stereocenters. The number of aromatic amines is 1. The maximum absolute atomic E-state index is 13.1. The summed E-state index contributed by atoms with van der Waals surface area (Å²) >= 11 is 0. The quantitative estimate of drug-likeness (QED) is 0.784. The summed E-state index contributed by atoms with van der Waals surface area (Å²) < 4.78 is 5.43. The lowest BCUT2D eigenvalue weighted by Crippen LogP contribution is -2.33. The molecule has 0 radical (unpaired) electrons.